The molecule has 3 rings (SSSR count). The van der Waals surface area contributed by atoms with Crippen LogP contribution in [-0.2, 0) is 25.6 Å². The predicted octanol–water partition coefficient (Wildman–Crippen LogP) is 1.36. The number of carbonyl (C=O) groups is 2. The minimum atomic E-state index is -1.39. The molecule has 1 aromatic rings. The lowest BCUT2D eigenvalue weighted by Crippen LogP contribution is -2.64. The molecule has 1 amide bonds. The lowest BCUT2D eigenvalue weighted by molar-refractivity contribution is -0.208. The summed E-state index contributed by atoms with van der Waals surface area (Å²) in [7, 11) is 0. The third kappa shape index (κ3) is 3.70. The smallest absolute Gasteiger partial charge is 0.348 e. The maximum atomic E-state index is 12.8. The molecule has 1 unspecified atom stereocenters. The van der Waals surface area contributed by atoms with E-state index in [0.29, 0.717) is 26.1 Å². The number of hydrogen-bond donors (Lipinski definition) is 0. The van der Waals surface area contributed by atoms with Gasteiger partial charge in [-0.2, -0.15) is 0 Å². The zero-order valence-electron chi connectivity index (χ0n) is 15.0. The summed E-state index contributed by atoms with van der Waals surface area (Å²) in [6, 6.07) is 8.52. The third-order valence-corrected chi connectivity index (χ3v) is 4.94. The Hall–Kier alpha value is -1.92. The van der Waals surface area contributed by atoms with Crippen molar-refractivity contribution in [3.05, 3.63) is 35.4 Å². The van der Waals surface area contributed by atoms with Gasteiger partial charge in [0.05, 0.1) is 13.2 Å². The number of ether oxygens (including phenoxy) is 2. The largest absolute Gasteiger partial charge is 0.463 e. The second-order valence-corrected chi connectivity index (χ2v) is 6.70. The number of hydrogen-bond acceptors (Lipinski definition) is 5. The first-order chi connectivity index (χ1) is 12.0. The average molecular weight is 346 g/mol. The van der Waals surface area contributed by atoms with Crippen LogP contribution in [0.3, 0.4) is 0 Å². The predicted molar refractivity (Wildman–Crippen MR) is 93.0 cm³/mol. The minimum absolute atomic E-state index is 0.243. The maximum Gasteiger partial charge on any atom is 0.348 e. The number of piperazine rings is 1. The Morgan fingerprint density at radius 2 is 1.80 bits per heavy atom. The Kier molecular flexibility index (Phi) is 5.39. The molecule has 6 nitrogen and oxygen atoms in total. The van der Waals surface area contributed by atoms with Crippen molar-refractivity contribution in [3.8, 4) is 0 Å². The molecule has 0 radical (unpaired) electrons. The van der Waals surface area contributed by atoms with Gasteiger partial charge in [0.15, 0.2) is 0 Å². The van der Waals surface area contributed by atoms with E-state index in [0.717, 1.165) is 19.6 Å². The molecule has 2 heterocycles. The van der Waals surface area contributed by atoms with Gasteiger partial charge in [-0.1, -0.05) is 29.8 Å². The standard InChI is InChI=1S/C19H26N2O4/c1-3-24-18(23)19(8-13-25-19)17(22)21-11-9-20(10-12-21)14-16-6-4-15(2)5-7-16/h4-7H,3,8-14H2,1-2H3. The fraction of sp³-hybridized carbons (Fsp3) is 0.579. The number of rotatable bonds is 5. The lowest BCUT2D eigenvalue weighted by atomic mass is 9.92. The van der Waals surface area contributed by atoms with Gasteiger partial charge in [0.2, 0.25) is 5.60 Å². The molecule has 0 N–H and O–H groups in total. The summed E-state index contributed by atoms with van der Waals surface area (Å²) >= 11 is 0. The van der Waals surface area contributed by atoms with E-state index < -0.39 is 11.6 Å². The van der Waals surface area contributed by atoms with Crippen LogP contribution in [0.2, 0.25) is 0 Å². The molecular weight excluding hydrogens is 320 g/mol. The van der Waals surface area contributed by atoms with E-state index in [1.165, 1.54) is 11.1 Å². The molecule has 2 aliphatic rings. The molecule has 6 heteroatoms. The highest BCUT2D eigenvalue weighted by Crippen LogP contribution is 2.31. The van der Waals surface area contributed by atoms with Crippen LogP contribution in [0.4, 0.5) is 0 Å². The fourth-order valence-corrected chi connectivity index (χ4v) is 3.29. The summed E-state index contributed by atoms with van der Waals surface area (Å²) < 4.78 is 10.5. The molecule has 0 bridgehead atoms. The van der Waals surface area contributed by atoms with Gasteiger partial charge in [-0.25, -0.2) is 4.79 Å². The van der Waals surface area contributed by atoms with Crippen LogP contribution in [0.1, 0.15) is 24.5 Å². The number of carbonyl (C=O) groups excluding carboxylic acids is 2. The first-order valence-corrected chi connectivity index (χ1v) is 8.93. The first kappa shape index (κ1) is 17.9. The van der Waals surface area contributed by atoms with E-state index in [9.17, 15) is 9.59 Å². The van der Waals surface area contributed by atoms with Gasteiger partial charge in [-0.15, -0.1) is 0 Å². The number of esters is 1. The van der Waals surface area contributed by atoms with E-state index in [-0.39, 0.29) is 12.5 Å². The normalized spacial score (nSPS) is 23.8. The van der Waals surface area contributed by atoms with Crippen molar-refractivity contribution in [1.82, 2.24) is 9.80 Å². The van der Waals surface area contributed by atoms with Crippen LogP contribution >= 0.6 is 0 Å². The molecule has 25 heavy (non-hydrogen) atoms. The van der Waals surface area contributed by atoms with Crippen LogP contribution < -0.4 is 0 Å². The van der Waals surface area contributed by atoms with Crippen LogP contribution in [0.5, 0.6) is 0 Å². The quantitative estimate of drug-likeness (QED) is 0.595. The van der Waals surface area contributed by atoms with Gasteiger partial charge >= 0.3 is 5.97 Å². The molecule has 0 saturated carbocycles. The fourth-order valence-electron chi connectivity index (χ4n) is 3.29. The van der Waals surface area contributed by atoms with Gasteiger partial charge in [0.25, 0.3) is 5.91 Å². The highest BCUT2D eigenvalue weighted by Gasteiger charge is 2.56. The highest BCUT2D eigenvalue weighted by molar-refractivity contribution is 6.07. The molecule has 1 atom stereocenters. The minimum Gasteiger partial charge on any atom is -0.463 e. The zero-order chi connectivity index (χ0) is 17.9. The molecule has 2 saturated heterocycles. The van der Waals surface area contributed by atoms with Crippen LogP contribution in [0.25, 0.3) is 0 Å². The Balaban J connectivity index is 1.55. The van der Waals surface area contributed by atoms with Crippen molar-refractivity contribution >= 4 is 11.9 Å². The molecule has 136 valence electrons. The topological polar surface area (TPSA) is 59.1 Å². The summed E-state index contributed by atoms with van der Waals surface area (Å²) in [5, 5.41) is 0. The van der Waals surface area contributed by atoms with E-state index in [2.05, 4.69) is 36.1 Å². The summed E-state index contributed by atoms with van der Waals surface area (Å²) in [5.41, 5.74) is 1.13. The monoisotopic (exact) mass is 346 g/mol. The Morgan fingerprint density at radius 3 is 2.32 bits per heavy atom. The Labute approximate surface area is 148 Å². The SMILES string of the molecule is CCOC(=O)C1(C(=O)N2CCN(Cc3ccc(C)cc3)CC2)CCO1. The first-order valence-electron chi connectivity index (χ1n) is 8.93. The summed E-state index contributed by atoms with van der Waals surface area (Å²) in [5.74, 6) is -0.791. The van der Waals surface area contributed by atoms with E-state index >= 15 is 0 Å². The highest BCUT2D eigenvalue weighted by atomic mass is 16.6. The van der Waals surface area contributed by atoms with Crippen LogP contribution in [0.15, 0.2) is 24.3 Å². The van der Waals surface area contributed by atoms with Crippen molar-refractivity contribution in [2.45, 2.75) is 32.4 Å². The number of amides is 1. The molecule has 0 spiro atoms. The second kappa shape index (κ2) is 7.54. The Bertz CT molecular complexity index is 617. The molecule has 0 aromatic heterocycles. The zero-order valence-corrected chi connectivity index (χ0v) is 15.0. The van der Waals surface area contributed by atoms with Gasteiger partial charge in [-0.3, -0.25) is 9.69 Å². The number of aryl methyl sites for hydroxylation is 1. The van der Waals surface area contributed by atoms with Crippen molar-refractivity contribution < 1.29 is 19.1 Å². The Morgan fingerprint density at radius 1 is 1.16 bits per heavy atom. The van der Waals surface area contributed by atoms with Crippen molar-refractivity contribution in [3.63, 3.8) is 0 Å². The van der Waals surface area contributed by atoms with Crippen molar-refractivity contribution in [2.75, 3.05) is 39.4 Å². The van der Waals surface area contributed by atoms with Crippen LogP contribution in [-0.4, -0.2) is 66.7 Å². The van der Waals surface area contributed by atoms with Gasteiger partial charge in [0, 0.05) is 39.1 Å². The van der Waals surface area contributed by atoms with Gasteiger partial charge in [0.1, 0.15) is 0 Å². The number of nitrogens with zero attached hydrogens (tertiary/aromatic N) is 2. The lowest BCUT2D eigenvalue weighted by Gasteiger charge is -2.43. The average Bonchev–Trinajstić information content (AvgIpc) is 2.57. The summed E-state index contributed by atoms with van der Waals surface area (Å²) in [6.07, 6.45) is 0.411. The number of benzene rings is 1. The van der Waals surface area contributed by atoms with Crippen molar-refractivity contribution in [2.24, 2.45) is 0 Å². The molecule has 2 fully saturated rings. The molecular formula is C19H26N2O4. The summed E-state index contributed by atoms with van der Waals surface area (Å²) in [6.45, 7) is 8.16. The van der Waals surface area contributed by atoms with Crippen LogP contribution in [0, 0.1) is 6.92 Å². The summed E-state index contributed by atoms with van der Waals surface area (Å²) in [4.78, 5) is 29.0. The molecule has 2 aliphatic heterocycles. The van der Waals surface area contributed by atoms with Gasteiger partial charge in [-0.05, 0) is 19.4 Å². The van der Waals surface area contributed by atoms with Crippen molar-refractivity contribution in [1.29, 1.82) is 0 Å². The van der Waals surface area contributed by atoms with E-state index in [1.807, 2.05) is 0 Å². The second-order valence-electron chi connectivity index (χ2n) is 6.70. The van der Waals surface area contributed by atoms with Gasteiger partial charge < -0.3 is 14.4 Å². The van der Waals surface area contributed by atoms with E-state index in [4.69, 9.17) is 9.47 Å². The van der Waals surface area contributed by atoms with E-state index in [1.54, 1.807) is 11.8 Å². The third-order valence-electron chi connectivity index (χ3n) is 4.94. The molecule has 0 aliphatic carbocycles. The molecule has 1 aromatic carbocycles. The maximum absolute atomic E-state index is 12.8.